The Morgan fingerprint density at radius 1 is 1.24 bits per heavy atom. The molecule has 6 heteroatoms. The molecular formula is C15H19NO5. The highest BCUT2D eigenvalue weighted by Crippen LogP contribution is 2.21. The molecule has 1 heterocycles. The second-order valence-electron chi connectivity index (χ2n) is 5.21. The number of aryl methyl sites for hydroxylation is 1. The molecule has 1 aliphatic carbocycles. The summed E-state index contributed by atoms with van der Waals surface area (Å²) in [6, 6.07) is 0.113. The summed E-state index contributed by atoms with van der Waals surface area (Å²) in [6.07, 6.45) is 6.44. The average molecular weight is 293 g/mol. The van der Waals surface area contributed by atoms with Crippen LogP contribution in [0, 0.1) is 6.92 Å². The number of esters is 1. The molecule has 6 nitrogen and oxygen atoms in total. The molecule has 1 aliphatic rings. The average Bonchev–Trinajstić information content (AvgIpc) is 2.88. The summed E-state index contributed by atoms with van der Waals surface area (Å²) < 4.78 is 9.55. The van der Waals surface area contributed by atoms with Crippen LogP contribution in [0.25, 0.3) is 0 Å². The van der Waals surface area contributed by atoms with E-state index in [0.717, 1.165) is 32.8 Å². The smallest absolute Gasteiger partial charge is 0.379 e. The van der Waals surface area contributed by atoms with E-state index in [9.17, 15) is 14.4 Å². The van der Waals surface area contributed by atoms with E-state index < -0.39 is 11.8 Å². The van der Waals surface area contributed by atoms with E-state index in [2.05, 4.69) is 10.1 Å². The van der Waals surface area contributed by atoms with Crippen molar-refractivity contribution in [3.05, 3.63) is 23.2 Å². The molecule has 0 radical (unpaired) electrons. The van der Waals surface area contributed by atoms with Crippen molar-refractivity contribution in [2.24, 2.45) is 0 Å². The zero-order valence-electron chi connectivity index (χ0n) is 12.2. The Morgan fingerprint density at radius 3 is 2.52 bits per heavy atom. The summed E-state index contributed by atoms with van der Waals surface area (Å²) in [6.45, 7) is 1.54. The number of carbonyl (C=O) groups excluding carboxylic acids is 3. The first-order valence-electron chi connectivity index (χ1n) is 7.06. The van der Waals surface area contributed by atoms with Crippen molar-refractivity contribution in [2.45, 2.75) is 45.1 Å². The first kappa shape index (κ1) is 15.3. The zero-order valence-corrected chi connectivity index (χ0v) is 12.2. The van der Waals surface area contributed by atoms with Crippen LogP contribution in [0.4, 0.5) is 0 Å². The standard InChI is InChI=1S/C15H19NO5/c1-9-12(13(17)15(19)20-2)11(8-21-9)14(18)16-10-6-4-3-5-7-10/h8,10H,3-7H2,1-2H3,(H,16,18). The first-order chi connectivity index (χ1) is 10.0. The van der Waals surface area contributed by atoms with Crippen molar-refractivity contribution in [3.8, 4) is 0 Å². The number of hydrogen-bond donors (Lipinski definition) is 1. The number of nitrogens with one attached hydrogen (secondary N) is 1. The lowest BCUT2D eigenvalue weighted by Crippen LogP contribution is -2.36. The van der Waals surface area contributed by atoms with Gasteiger partial charge in [-0.05, 0) is 19.8 Å². The fourth-order valence-corrected chi connectivity index (χ4v) is 2.61. The Balaban J connectivity index is 2.17. The largest absolute Gasteiger partial charge is 0.468 e. The van der Waals surface area contributed by atoms with Gasteiger partial charge in [-0.2, -0.15) is 0 Å². The number of amides is 1. The SMILES string of the molecule is COC(=O)C(=O)c1c(C(=O)NC2CCCCC2)coc1C. The van der Waals surface area contributed by atoms with Crippen LogP contribution >= 0.6 is 0 Å². The fourth-order valence-electron chi connectivity index (χ4n) is 2.61. The van der Waals surface area contributed by atoms with E-state index in [-0.39, 0.29) is 28.8 Å². The summed E-state index contributed by atoms with van der Waals surface area (Å²) in [4.78, 5) is 35.6. The lowest BCUT2D eigenvalue weighted by Gasteiger charge is -2.22. The third kappa shape index (κ3) is 3.32. The van der Waals surface area contributed by atoms with Gasteiger partial charge in [-0.25, -0.2) is 4.79 Å². The zero-order chi connectivity index (χ0) is 15.4. The monoisotopic (exact) mass is 293 g/mol. The van der Waals surface area contributed by atoms with Gasteiger partial charge >= 0.3 is 5.97 Å². The van der Waals surface area contributed by atoms with E-state index in [1.165, 1.54) is 19.6 Å². The van der Waals surface area contributed by atoms with E-state index in [4.69, 9.17) is 4.42 Å². The molecule has 0 unspecified atom stereocenters. The summed E-state index contributed by atoms with van der Waals surface area (Å²) in [5, 5.41) is 2.90. The summed E-state index contributed by atoms with van der Waals surface area (Å²) in [5.41, 5.74) is 0.0728. The lowest BCUT2D eigenvalue weighted by molar-refractivity contribution is -0.135. The maximum absolute atomic E-state index is 12.3. The van der Waals surface area contributed by atoms with Crippen LogP contribution in [0.2, 0.25) is 0 Å². The number of Topliss-reactive ketones (excluding diaryl/α,β-unsaturated/α-hetero) is 1. The number of furan rings is 1. The Kier molecular flexibility index (Phi) is 4.77. The van der Waals surface area contributed by atoms with Crippen molar-refractivity contribution in [1.82, 2.24) is 5.32 Å². The van der Waals surface area contributed by atoms with Gasteiger partial charge in [-0.1, -0.05) is 19.3 Å². The number of rotatable bonds is 4. The predicted octanol–water partition coefficient (Wildman–Crippen LogP) is 2.01. The Morgan fingerprint density at radius 2 is 1.90 bits per heavy atom. The molecule has 0 aromatic carbocycles. The summed E-state index contributed by atoms with van der Waals surface area (Å²) in [5.74, 6) is -2.02. The van der Waals surface area contributed by atoms with E-state index >= 15 is 0 Å². The molecule has 0 aliphatic heterocycles. The van der Waals surface area contributed by atoms with Crippen LogP contribution in [-0.2, 0) is 9.53 Å². The molecule has 0 spiro atoms. The number of carbonyl (C=O) groups is 3. The minimum Gasteiger partial charge on any atom is -0.468 e. The molecule has 1 saturated carbocycles. The highest BCUT2D eigenvalue weighted by atomic mass is 16.5. The molecule has 1 amide bonds. The van der Waals surface area contributed by atoms with Gasteiger partial charge in [0.25, 0.3) is 11.7 Å². The lowest BCUT2D eigenvalue weighted by atomic mass is 9.95. The minimum atomic E-state index is -1.01. The summed E-state index contributed by atoms with van der Waals surface area (Å²) >= 11 is 0. The number of methoxy groups -OCH3 is 1. The highest BCUT2D eigenvalue weighted by Gasteiger charge is 2.29. The molecule has 0 atom stereocenters. The normalized spacial score (nSPS) is 15.5. The molecule has 1 fully saturated rings. The van der Waals surface area contributed by atoms with Crippen molar-refractivity contribution < 1.29 is 23.5 Å². The van der Waals surface area contributed by atoms with E-state index in [1.807, 2.05) is 0 Å². The maximum Gasteiger partial charge on any atom is 0.379 e. The van der Waals surface area contributed by atoms with Crippen molar-refractivity contribution in [3.63, 3.8) is 0 Å². The van der Waals surface area contributed by atoms with E-state index in [0.29, 0.717) is 0 Å². The van der Waals surface area contributed by atoms with Gasteiger partial charge in [0.2, 0.25) is 0 Å². The molecule has 21 heavy (non-hydrogen) atoms. The fraction of sp³-hybridized carbons (Fsp3) is 0.533. The molecule has 0 saturated heterocycles. The molecule has 1 aromatic heterocycles. The van der Waals surface area contributed by atoms with Gasteiger partial charge in [0.05, 0.1) is 18.2 Å². The molecule has 0 bridgehead atoms. The van der Waals surface area contributed by atoms with Crippen LogP contribution in [0.15, 0.2) is 10.7 Å². The topological polar surface area (TPSA) is 85.6 Å². The molecular weight excluding hydrogens is 274 g/mol. The number of hydrogen-bond acceptors (Lipinski definition) is 5. The third-order valence-corrected chi connectivity index (χ3v) is 3.76. The van der Waals surface area contributed by atoms with Crippen molar-refractivity contribution in [2.75, 3.05) is 7.11 Å². The highest BCUT2D eigenvalue weighted by molar-refractivity contribution is 6.42. The summed E-state index contributed by atoms with van der Waals surface area (Å²) in [7, 11) is 1.12. The van der Waals surface area contributed by atoms with Gasteiger partial charge in [-0.15, -0.1) is 0 Å². The Hall–Kier alpha value is -2.11. The maximum atomic E-state index is 12.3. The van der Waals surface area contributed by atoms with Gasteiger partial charge in [0, 0.05) is 6.04 Å². The Bertz CT molecular complexity index is 554. The molecule has 1 aromatic rings. The van der Waals surface area contributed by atoms with Gasteiger partial charge in [0.1, 0.15) is 12.0 Å². The first-order valence-corrected chi connectivity index (χ1v) is 7.06. The van der Waals surface area contributed by atoms with Gasteiger partial charge in [0.15, 0.2) is 0 Å². The van der Waals surface area contributed by atoms with E-state index in [1.54, 1.807) is 0 Å². The van der Waals surface area contributed by atoms with Crippen LogP contribution in [-0.4, -0.2) is 30.8 Å². The van der Waals surface area contributed by atoms with Crippen LogP contribution < -0.4 is 5.32 Å². The third-order valence-electron chi connectivity index (χ3n) is 3.76. The van der Waals surface area contributed by atoms with Gasteiger partial charge in [-0.3, -0.25) is 9.59 Å². The van der Waals surface area contributed by atoms with Crippen molar-refractivity contribution in [1.29, 1.82) is 0 Å². The predicted molar refractivity (Wildman–Crippen MR) is 74.1 cm³/mol. The van der Waals surface area contributed by atoms with Crippen LogP contribution in [0.3, 0.4) is 0 Å². The van der Waals surface area contributed by atoms with Crippen LogP contribution in [0.5, 0.6) is 0 Å². The van der Waals surface area contributed by atoms with Gasteiger partial charge < -0.3 is 14.5 Å². The quantitative estimate of drug-likeness (QED) is 0.521. The Labute approximate surface area is 122 Å². The molecule has 2 rings (SSSR count). The minimum absolute atomic E-state index is 0.0184. The molecule has 1 N–H and O–H groups in total. The second kappa shape index (κ2) is 6.56. The second-order valence-corrected chi connectivity index (χ2v) is 5.21. The molecule has 114 valence electrons. The number of ether oxygens (including phenoxy) is 1. The van der Waals surface area contributed by atoms with Crippen LogP contribution in [0.1, 0.15) is 58.6 Å². The number of ketones is 1. The van der Waals surface area contributed by atoms with Crippen molar-refractivity contribution >= 4 is 17.7 Å².